The number of fused-ring (bicyclic) bond motifs is 1. The molecular formula is C10H11NO3. The maximum atomic E-state index is 11.4. The highest BCUT2D eigenvalue weighted by molar-refractivity contribution is 5.95. The molecule has 0 aromatic heterocycles. The van der Waals surface area contributed by atoms with Crippen LogP contribution in [0.25, 0.3) is 0 Å². The molecule has 3 N–H and O–H groups in total. The largest absolute Gasteiger partial charge is 0.507 e. The average Bonchev–Trinajstić information content (AvgIpc) is 1.99. The SMILES string of the molecule is C[C@@H]1Cc2cc(N)cc(O)c2C(=O)O1. The first-order chi connectivity index (χ1) is 6.58. The first-order valence-electron chi connectivity index (χ1n) is 4.40. The molecule has 2 rings (SSSR count). The number of carbonyl (C=O) groups is 1. The van der Waals surface area contributed by atoms with E-state index in [0.717, 1.165) is 5.56 Å². The molecule has 14 heavy (non-hydrogen) atoms. The highest BCUT2D eigenvalue weighted by atomic mass is 16.5. The lowest BCUT2D eigenvalue weighted by Gasteiger charge is -2.22. The second-order valence-electron chi connectivity index (χ2n) is 3.49. The van der Waals surface area contributed by atoms with Crippen LogP contribution < -0.4 is 5.73 Å². The van der Waals surface area contributed by atoms with Crippen LogP contribution in [0.15, 0.2) is 12.1 Å². The van der Waals surface area contributed by atoms with E-state index in [9.17, 15) is 9.90 Å². The van der Waals surface area contributed by atoms with Crippen molar-refractivity contribution in [2.75, 3.05) is 5.73 Å². The Balaban J connectivity index is 2.59. The van der Waals surface area contributed by atoms with E-state index in [0.29, 0.717) is 12.1 Å². The summed E-state index contributed by atoms with van der Waals surface area (Å²) < 4.78 is 4.99. The van der Waals surface area contributed by atoms with Crippen molar-refractivity contribution >= 4 is 11.7 Å². The Morgan fingerprint density at radius 2 is 2.29 bits per heavy atom. The molecule has 74 valence electrons. The van der Waals surface area contributed by atoms with E-state index in [4.69, 9.17) is 10.5 Å². The Hall–Kier alpha value is -1.71. The van der Waals surface area contributed by atoms with Crippen LogP contribution in [0.5, 0.6) is 5.75 Å². The first-order valence-corrected chi connectivity index (χ1v) is 4.40. The van der Waals surface area contributed by atoms with Gasteiger partial charge in [0, 0.05) is 18.2 Å². The molecule has 1 heterocycles. The average molecular weight is 193 g/mol. The molecule has 1 aromatic rings. The summed E-state index contributed by atoms with van der Waals surface area (Å²) in [6, 6.07) is 3.06. The number of anilines is 1. The summed E-state index contributed by atoms with van der Waals surface area (Å²) in [6.07, 6.45) is 0.441. The van der Waals surface area contributed by atoms with Crippen molar-refractivity contribution in [1.82, 2.24) is 0 Å². The van der Waals surface area contributed by atoms with Gasteiger partial charge in [-0.3, -0.25) is 0 Å². The Morgan fingerprint density at radius 1 is 1.57 bits per heavy atom. The van der Waals surface area contributed by atoms with Gasteiger partial charge in [0.2, 0.25) is 0 Å². The fourth-order valence-corrected chi connectivity index (χ4v) is 1.70. The van der Waals surface area contributed by atoms with E-state index in [1.54, 1.807) is 13.0 Å². The second-order valence-corrected chi connectivity index (χ2v) is 3.49. The maximum absolute atomic E-state index is 11.4. The van der Waals surface area contributed by atoms with E-state index < -0.39 is 5.97 Å². The van der Waals surface area contributed by atoms with Crippen molar-refractivity contribution in [3.63, 3.8) is 0 Å². The van der Waals surface area contributed by atoms with Gasteiger partial charge in [-0.05, 0) is 18.6 Å². The summed E-state index contributed by atoms with van der Waals surface area (Å²) in [7, 11) is 0. The minimum atomic E-state index is -0.476. The van der Waals surface area contributed by atoms with E-state index in [2.05, 4.69) is 0 Å². The van der Waals surface area contributed by atoms with Gasteiger partial charge in [-0.15, -0.1) is 0 Å². The number of phenols is 1. The molecule has 0 unspecified atom stereocenters. The topological polar surface area (TPSA) is 72.5 Å². The van der Waals surface area contributed by atoms with Crippen LogP contribution in [0.1, 0.15) is 22.8 Å². The normalized spacial score (nSPS) is 20.1. The lowest BCUT2D eigenvalue weighted by molar-refractivity contribution is 0.0297. The molecule has 1 aliphatic rings. The predicted octanol–water partition coefficient (Wildman–Crippen LogP) is 1.08. The van der Waals surface area contributed by atoms with Crippen LogP contribution in [0.4, 0.5) is 5.69 Å². The first kappa shape index (κ1) is 8.87. The summed E-state index contributed by atoms with van der Waals surface area (Å²) >= 11 is 0. The zero-order valence-electron chi connectivity index (χ0n) is 7.78. The van der Waals surface area contributed by atoms with Crippen molar-refractivity contribution in [2.45, 2.75) is 19.4 Å². The van der Waals surface area contributed by atoms with Gasteiger partial charge in [0.1, 0.15) is 17.4 Å². The molecule has 1 atom stereocenters. The van der Waals surface area contributed by atoms with Crippen molar-refractivity contribution in [2.24, 2.45) is 0 Å². The Morgan fingerprint density at radius 3 is 3.00 bits per heavy atom. The number of cyclic esters (lactones) is 1. The molecule has 1 aliphatic heterocycles. The second kappa shape index (κ2) is 2.90. The summed E-state index contributed by atoms with van der Waals surface area (Å²) in [6.45, 7) is 1.81. The number of ether oxygens (including phenoxy) is 1. The van der Waals surface area contributed by atoms with E-state index in [1.165, 1.54) is 6.07 Å². The Labute approximate surface area is 81.3 Å². The van der Waals surface area contributed by atoms with Crippen molar-refractivity contribution in [1.29, 1.82) is 0 Å². The van der Waals surface area contributed by atoms with Gasteiger partial charge in [0.25, 0.3) is 0 Å². The highest BCUT2D eigenvalue weighted by Crippen LogP contribution is 2.30. The lowest BCUT2D eigenvalue weighted by Crippen LogP contribution is -2.25. The standard InChI is InChI=1S/C10H11NO3/c1-5-2-6-3-7(11)4-8(12)9(6)10(13)14-5/h3-5,12H,2,11H2,1H3/t5-/m1/s1. The molecule has 0 amide bonds. The third kappa shape index (κ3) is 1.28. The van der Waals surface area contributed by atoms with Crippen LogP contribution in [0, 0.1) is 0 Å². The minimum absolute atomic E-state index is 0.100. The van der Waals surface area contributed by atoms with Gasteiger partial charge in [-0.25, -0.2) is 4.79 Å². The van der Waals surface area contributed by atoms with E-state index in [1.807, 2.05) is 0 Å². The number of hydrogen-bond acceptors (Lipinski definition) is 4. The minimum Gasteiger partial charge on any atom is -0.507 e. The van der Waals surface area contributed by atoms with Crippen LogP contribution in [-0.4, -0.2) is 17.2 Å². The molecule has 0 saturated carbocycles. The summed E-state index contributed by atoms with van der Waals surface area (Å²) in [5.41, 5.74) is 7.03. The van der Waals surface area contributed by atoms with E-state index in [-0.39, 0.29) is 17.4 Å². The van der Waals surface area contributed by atoms with Gasteiger partial charge in [0.05, 0.1) is 0 Å². The monoisotopic (exact) mass is 193 g/mol. The number of esters is 1. The molecule has 4 nitrogen and oxygen atoms in total. The van der Waals surface area contributed by atoms with Crippen molar-refractivity contribution < 1.29 is 14.6 Å². The highest BCUT2D eigenvalue weighted by Gasteiger charge is 2.26. The smallest absolute Gasteiger partial charge is 0.342 e. The molecule has 1 aromatic carbocycles. The zero-order chi connectivity index (χ0) is 10.3. The number of nitrogens with two attached hydrogens (primary N) is 1. The van der Waals surface area contributed by atoms with Crippen LogP contribution >= 0.6 is 0 Å². The van der Waals surface area contributed by atoms with Crippen molar-refractivity contribution in [3.8, 4) is 5.75 Å². The fraction of sp³-hybridized carbons (Fsp3) is 0.300. The Kier molecular flexibility index (Phi) is 1.84. The third-order valence-electron chi connectivity index (χ3n) is 2.24. The van der Waals surface area contributed by atoms with Gasteiger partial charge >= 0.3 is 5.97 Å². The number of carbonyl (C=O) groups excluding carboxylic acids is 1. The van der Waals surface area contributed by atoms with Gasteiger partial charge in [0.15, 0.2) is 0 Å². The van der Waals surface area contributed by atoms with Crippen molar-refractivity contribution in [3.05, 3.63) is 23.3 Å². The third-order valence-corrected chi connectivity index (χ3v) is 2.24. The van der Waals surface area contributed by atoms with Gasteiger partial charge in [-0.2, -0.15) is 0 Å². The quantitative estimate of drug-likeness (QED) is 0.477. The van der Waals surface area contributed by atoms with Gasteiger partial charge in [-0.1, -0.05) is 0 Å². The number of phenolic OH excluding ortho intramolecular Hbond substituents is 1. The number of hydrogen-bond donors (Lipinski definition) is 2. The van der Waals surface area contributed by atoms with Crippen LogP contribution in [0.3, 0.4) is 0 Å². The van der Waals surface area contributed by atoms with Gasteiger partial charge < -0.3 is 15.6 Å². The fourth-order valence-electron chi connectivity index (χ4n) is 1.70. The van der Waals surface area contributed by atoms with E-state index >= 15 is 0 Å². The molecule has 4 heteroatoms. The molecule has 0 saturated heterocycles. The molecule has 0 fully saturated rings. The Bertz CT molecular complexity index is 401. The lowest BCUT2D eigenvalue weighted by atomic mass is 9.98. The number of nitrogen functional groups attached to an aromatic ring is 1. The molecular weight excluding hydrogens is 182 g/mol. The van der Waals surface area contributed by atoms with Crippen LogP contribution in [-0.2, 0) is 11.2 Å². The maximum Gasteiger partial charge on any atom is 0.342 e. The zero-order valence-corrected chi connectivity index (χ0v) is 7.78. The summed E-state index contributed by atoms with van der Waals surface area (Å²) in [5, 5.41) is 9.51. The number of aromatic hydroxyl groups is 1. The predicted molar refractivity (Wildman–Crippen MR) is 51.1 cm³/mol. The summed E-state index contributed by atoms with van der Waals surface area (Å²) in [4.78, 5) is 11.4. The summed E-state index contributed by atoms with van der Waals surface area (Å²) in [5.74, 6) is -0.576. The molecule has 0 radical (unpaired) electrons. The number of benzene rings is 1. The molecule has 0 bridgehead atoms. The molecule has 0 aliphatic carbocycles. The molecule has 0 spiro atoms. The number of rotatable bonds is 0. The van der Waals surface area contributed by atoms with Crippen LogP contribution in [0.2, 0.25) is 0 Å².